The molecular formula is C20H25N3O3. The summed E-state index contributed by atoms with van der Waals surface area (Å²) in [5.74, 6) is 2.58. The summed E-state index contributed by atoms with van der Waals surface area (Å²) in [7, 11) is 0. The van der Waals surface area contributed by atoms with Gasteiger partial charge in [-0.15, -0.1) is 0 Å². The van der Waals surface area contributed by atoms with Crippen LogP contribution in [0.2, 0.25) is 0 Å². The number of nitrogens with zero attached hydrogens (tertiary/aromatic N) is 2. The zero-order valence-corrected chi connectivity index (χ0v) is 15.2. The Labute approximate surface area is 153 Å². The molecule has 3 aliphatic heterocycles. The maximum absolute atomic E-state index is 6.19. The minimum Gasteiger partial charge on any atom is -0.454 e. The van der Waals surface area contributed by atoms with Crippen LogP contribution in [0.25, 0.3) is 11.4 Å². The van der Waals surface area contributed by atoms with Gasteiger partial charge in [0.05, 0.1) is 19.3 Å². The van der Waals surface area contributed by atoms with Gasteiger partial charge >= 0.3 is 0 Å². The molecule has 1 unspecified atom stereocenters. The smallest absolute Gasteiger partial charge is 0.231 e. The number of piperidine rings is 1. The number of fused-ring (bicyclic) bond motifs is 1. The van der Waals surface area contributed by atoms with Crippen molar-refractivity contribution in [3.8, 4) is 22.9 Å². The van der Waals surface area contributed by atoms with Crippen molar-refractivity contribution in [3.05, 3.63) is 30.1 Å². The van der Waals surface area contributed by atoms with Gasteiger partial charge in [0.15, 0.2) is 11.5 Å². The van der Waals surface area contributed by atoms with E-state index >= 15 is 0 Å². The van der Waals surface area contributed by atoms with Gasteiger partial charge in [-0.3, -0.25) is 0 Å². The molecule has 2 saturated heterocycles. The topological polar surface area (TPSA) is 57.5 Å². The van der Waals surface area contributed by atoms with Crippen molar-refractivity contribution in [1.29, 1.82) is 0 Å². The Morgan fingerprint density at radius 2 is 2.04 bits per heavy atom. The van der Waals surface area contributed by atoms with Gasteiger partial charge in [0, 0.05) is 18.0 Å². The van der Waals surface area contributed by atoms with Crippen LogP contribution in [0.5, 0.6) is 11.5 Å². The van der Waals surface area contributed by atoms with Gasteiger partial charge in [-0.05, 0) is 62.4 Å². The molecule has 138 valence electrons. The van der Waals surface area contributed by atoms with E-state index in [9.17, 15) is 0 Å². The number of rotatable bonds is 3. The summed E-state index contributed by atoms with van der Waals surface area (Å²) >= 11 is 0. The first-order valence-corrected chi connectivity index (χ1v) is 9.47. The first-order chi connectivity index (χ1) is 12.7. The highest BCUT2D eigenvalue weighted by Gasteiger charge is 2.41. The number of aryl methyl sites for hydroxylation is 1. The second-order valence-electron chi connectivity index (χ2n) is 7.81. The fraction of sp³-hybridized carbons (Fsp3) is 0.550. The molecule has 2 fully saturated rings. The number of nitrogens with one attached hydrogen (secondary N) is 1. The highest BCUT2D eigenvalue weighted by molar-refractivity contribution is 5.66. The van der Waals surface area contributed by atoms with Crippen molar-refractivity contribution in [3.63, 3.8) is 0 Å². The van der Waals surface area contributed by atoms with Crippen LogP contribution in [-0.4, -0.2) is 42.1 Å². The first kappa shape index (κ1) is 16.1. The van der Waals surface area contributed by atoms with Crippen LogP contribution in [0, 0.1) is 12.3 Å². The number of imidazole rings is 1. The third kappa shape index (κ3) is 2.77. The lowest BCUT2D eigenvalue weighted by atomic mass is 9.77. The Morgan fingerprint density at radius 1 is 1.23 bits per heavy atom. The number of benzene rings is 1. The van der Waals surface area contributed by atoms with Crippen LogP contribution in [0.4, 0.5) is 0 Å². The monoisotopic (exact) mass is 355 g/mol. The number of hydrogen-bond acceptors (Lipinski definition) is 5. The maximum Gasteiger partial charge on any atom is 0.231 e. The molecule has 1 aromatic heterocycles. The predicted molar refractivity (Wildman–Crippen MR) is 97.4 cm³/mol. The van der Waals surface area contributed by atoms with Crippen LogP contribution in [-0.2, 0) is 11.3 Å². The molecule has 0 saturated carbocycles. The van der Waals surface area contributed by atoms with Crippen molar-refractivity contribution < 1.29 is 14.2 Å². The third-order valence-electron chi connectivity index (χ3n) is 6.03. The average Bonchev–Trinajstić information content (AvgIpc) is 3.36. The minimum absolute atomic E-state index is 0.260. The van der Waals surface area contributed by atoms with E-state index in [0.717, 1.165) is 61.1 Å². The fourth-order valence-electron chi connectivity index (χ4n) is 4.52. The zero-order chi connectivity index (χ0) is 17.6. The highest BCUT2D eigenvalue weighted by atomic mass is 16.7. The van der Waals surface area contributed by atoms with Crippen molar-refractivity contribution in [2.75, 3.05) is 26.5 Å². The summed E-state index contributed by atoms with van der Waals surface area (Å²) in [6.45, 7) is 6.35. The average molecular weight is 355 g/mol. The zero-order valence-electron chi connectivity index (χ0n) is 15.2. The summed E-state index contributed by atoms with van der Waals surface area (Å²) in [6, 6.07) is 4.08. The van der Waals surface area contributed by atoms with Crippen molar-refractivity contribution in [2.45, 2.75) is 38.8 Å². The summed E-state index contributed by atoms with van der Waals surface area (Å²) in [4.78, 5) is 4.62. The molecule has 26 heavy (non-hydrogen) atoms. The van der Waals surface area contributed by atoms with Gasteiger partial charge in [0.1, 0.15) is 5.82 Å². The Bertz CT molecular complexity index is 811. The van der Waals surface area contributed by atoms with E-state index in [1.807, 2.05) is 18.3 Å². The van der Waals surface area contributed by atoms with E-state index in [2.05, 4.69) is 28.0 Å². The predicted octanol–water partition coefficient (Wildman–Crippen LogP) is 2.75. The summed E-state index contributed by atoms with van der Waals surface area (Å²) < 4.78 is 19.4. The van der Waals surface area contributed by atoms with Crippen LogP contribution in [0.1, 0.15) is 24.8 Å². The summed E-state index contributed by atoms with van der Waals surface area (Å²) in [6.07, 6.45) is 7.77. The maximum atomic E-state index is 6.19. The first-order valence-electron chi connectivity index (χ1n) is 9.47. The largest absolute Gasteiger partial charge is 0.454 e. The lowest BCUT2D eigenvalue weighted by Crippen LogP contribution is -2.37. The molecule has 1 N–H and O–H groups in total. The lowest BCUT2D eigenvalue weighted by molar-refractivity contribution is 0.0778. The van der Waals surface area contributed by atoms with Crippen molar-refractivity contribution in [1.82, 2.24) is 14.9 Å². The molecule has 6 heteroatoms. The second kappa shape index (κ2) is 6.28. The standard InChI is InChI=1S/C20H25N3O3/c1-14-8-17-18(26-13-25-17)9-16(14)19-22-6-7-23(19)11-15-10-20(12-24-15)2-4-21-5-3-20/h6-9,15,21H,2-5,10-13H2,1H3. The van der Waals surface area contributed by atoms with Gasteiger partial charge in [-0.25, -0.2) is 4.98 Å². The van der Waals surface area contributed by atoms with Gasteiger partial charge in [0.25, 0.3) is 0 Å². The third-order valence-corrected chi connectivity index (χ3v) is 6.03. The number of ether oxygens (including phenoxy) is 3. The Kier molecular flexibility index (Phi) is 3.90. The number of aromatic nitrogens is 2. The van der Waals surface area contributed by atoms with Gasteiger partial charge in [-0.2, -0.15) is 0 Å². The molecule has 0 aliphatic carbocycles. The molecule has 0 radical (unpaired) electrons. The molecule has 1 aromatic carbocycles. The van der Waals surface area contributed by atoms with Crippen LogP contribution >= 0.6 is 0 Å². The van der Waals surface area contributed by atoms with Crippen molar-refractivity contribution in [2.24, 2.45) is 5.41 Å². The summed E-state index contributed by atoms with van der Waals surface area (Å²) in [5, 5.41) is 3.46. The fourth-order valence-corrected chi connectivity index (χ4v) is 4.52. The molecule has 3 aliphatic rings. The van der Waals surface area contributed by atoms with Gasteiger partial charge < -0.3 is 24.1 Å². The molecule has 6 nitrogen and oxygen atoms in total. The van der Waals surface area contributed by atoms with Crippen molar-refractivity contribution >= 4 is 0 Å². The molecular weight excluding hydrogens is 330 g/mol. The van der Waals surface area contributed by atoms with E-state index in [0.29, 0.717) is 12.2 Å². The Morgan fingerprint density at radius 3 is 2.88 bits per heavy atom. The minimum atomic E-state index is 0.260. The summed E-state index contributed by atoms with van der Waals surface area (Å²) in [5.41, 5.74) is 2.61. The molecule has 1 atom stereocenters. The van der Waals surface area contributed by atoms with E-state index < -0.39 is 0 Å². The van der Waals surface area contributed by atoms with Gasteiger partial charge in [-0.1, -0.05) is 0 Å². The quantitative estimate of drug-likeness (QED) is 0.917. The van der Waals surface area contributed by atoms with Crippen LogP contribution in [0.15, 0.2) is 24.5 Å². The molecule has 4 heterocycles. The molecule has 1 spiro atoms. The van der Waals surface area contributed by atoms with Gasteiger partial charge in [0.2, 0.25) is 6.79 Å². The lowest BCUT2D eigenvalue weighted by Gasteiger charge is -2.32. The number of hydrogen-bond donors (Lipinski definition) is 1. The SMILES string of the molecule is Cc1cc2c(cc1-c1nccn1CC1CC3(CCNCC3)CO1)OCO2. The van der Waals surface area contributed by atoms with E-state index in [1.165, 1.54) is 12.8 Å². The van der Waals surface area contributed by atoms with E-state index in [1.54, 1.807) is 0 Å². The van der Waals surface area contributed by atoms with Crippen LogP contribution in [0.3, 0.4) is 0 Å². The van der Waals surface area contributed by atoms with Crippen LogP contribution < -0.4 is 14.8 Å². The highest BCUT2D eigenvalue weighted by Crippen LogP contribution is 2.41. The Hall–Kier alpha value is -2.05. The second-order valence-corrected chi connectivity index (χ2v) is 7.81. The molecule has 5 rings (SSSR count). The molecule has 0 bridgehead atoms. The molecule has 0 amide bonds. The molecule has 2 aromatic rings. The van der Waals surface area contributed by atoms with E-state index in [4.69, 9.17) is 14.2 Å². The van der Waals surface area contributed by atoms with E-state index in [-0.39, 0.29) is 6.10 Å². The Balaban J connectivity index is 1.37. The normalized spacial score (nSPS) is 23.7.